The first-order valence-corrected chi connectivity index (χ1v) is 21.7. The maximum atomic E-state index is 4.05. The summed E-state index contributed by atoms with van der Waals surface area (Å²) in [6, 6.07) is 52.4. The molecule has 0 amide bonds. The van der Waals surface area contributed by atoms with Crippen molar-refractivity contribution in [2.75, 3.05) is 4.90 Å². The fraction of sp³-hybridized carbons (Fsp3) is 0.143. The van der Waals surface area contributed by atoms with Gasteiger partial charge in [0.05, 0.1) is 40.7 Å². The molecule has 5 heteroatoms. The van der Waals surface area contributed by atoms with E-state index in [1.54, 1.807) is 0 Å². The lowest BCUT2D eigenvalue weighted by Crippen LogP contribution is -2.54. The van der Waals surface area contributed by atoms with Gasteiger partial charge < -0.3 is 25.4 Å². The fourth-order valence-corrected chi connectivity index (χ4v) is 10.7. The maximum absolute atomic E-state index is 4.05. The van der Waals surface area contributed by atoms with Crippen LogP contribution in [0.25, 0.3) is 61.2 Å². The molecule has 5 heterocycles. The lowest BCUT2D eigenvalue weighted by atomic mass is 9.82. The minimum atomic E-state index is -0.0113. The summed E-state index contributed by atoms with van der Waals surface area (Å²) in [6.07, 6.45) is 19.5. The Bertz CT molecular complexity index is 3060. The van der Waals surface area contributed by atoms with Crippen molar-refractivity contribution in [3.63, 3.8) is 0 Å². The molecular weight excluding hydrogens is 743 g/mol. The van der Waals surface area contributed by atoms with Crippen molar-refractivity contribution in [1.29, 1.82) is 0 Å². The van der Waals surface area contributed by atoms with Crippen molar-refractivity contribution in [3.8, 4) is 50.3 Å². The van der Waals surface area contributed by atoms with E-state index in [9.17, 15) is 0 Å². The molecule has 0 fully saturated rings. The van der Waals surface area contributed by atoms with Gasteiger partial charge in [-0.2, -0.15) is 0 Å². The van der Waals surface area contributed by atoms with Crippen molar-refractivity contribution in [2.45, 2.75) is 50.2 Å². The molecule has 0 spiro atoms. The second-order valence-electron chi connectivity index (χ2n) is 17.4. The van der Waals surface area contributed by atoms with Crippen LogP contribution in [0.2, 0.25) is 0 Å². The Labute approximate surface area is 357 Å². The van der Waals surface area contributed by atoms with Gasteiger partial charge in [-0.05, 0) is 113 Å². The van der Waals surface area contributed by atoms with E-state index in [0.29, 0.717) is 0 Å². The van der Waals surface area contributed by atoms with E-state index in [2.05, 4.69) is 215 Å². The molecule has 3 N–H and O–H groups in total. The van der Waals surface area contributed by atoms with Crippen LogP contribution in [0.4, 0.5) is 11.4 Å². The molecule has 61 heavy (non-hydrogen) atoms. The van der Waals surface area contributed by atoms with E-state index in [1.165, 1.54) is 83.7 Å². The van der Waals surface area contributed by atoms with E-state index in [4.69, 9.17) is 0 Å². The first-order valence-electron chi connectivity index (χ1n) is 21.7. The lowest BCUT2D eigenvalue weighted by Gasteiger charge is -2.42. The van der Waals surface area contributed by atoms with Crippen LogP contribution in [-0.4, -0.2) is 22.7 Å². The monoisotopic (exact) mass is 789 g/mol. The summed E-state index contributed by atoms with van der Waals surface area (Å²) in [5.74, 6) is 0. The molecule has 0 saturated heterocycles. The van der Waals surface area contributed by atoms with Gasteiger partial charge in [0, 0.05) is 44.6 Å². The highest BCUT2D eigenvalue weighted by Gasteiger charge is 2.38. The summed E-state index contributed by atoms with van der Waals surface area (Å²) < 4.78 is 2.50. The molecule has 3 atom stereocenters. The Morgan fingerprint density at radius 1 is 0.623 bits per heavy atom. The third-order valence-corrected chi connectivity index (χ3v) is 13.7. The number of fused-ring (bicyclic) bond motifs is 10. The molecule has 1 aliphatic carbocycles. The fourth-order valence-electron chi connectivity index (χ4n) is 10.7. The van der Waals surface area contributed by atoms with Crippen LogP contribution in [-0.2, 0) is 5.41 Å². The molecule has 6 aromatic carbocycles. The Morgan fingerprint density at radius 2 is 1.34 bits per heavy atom. The summed E-state index contributed by atoms with van der Waals surface area (Å²) in [4.78, 5) is 2.54. The molecule has 7 aromatic rings. The molecular formula is C56H47N5. The zero-order chi connectivity index (χ0) is 40.7. The molecule has 1 aromatic heterocycles. The Kier molecular flexibility index (Phi) is 8.14. The van der Waals surface area contributed by atoms with Crippen molar-refractivity contribution in [1.82, 2.24) is 20.5 Å². The number of hydrogen-bond acceptors (Lipinski definition) is 4. The molecule has 4 aliphatic heterocycles. The minimum absolute atomic E-state index is 0.00908. The van der Waals surface area contributed by atoms with Crippen molar-refractivity contribution in [2.24, 2.45) is 0 Å². The van der Waals surface area contributed by atoms with Gasteiger partial charge in [0.1, 0.15) is 0 Å². The van der Waals surface area contributed by atoms with Crippen LogP contribution >= 0.6 is 0 Å². The maximum Gasteiger partial charge on any atom is 0.0869 e. The van der Waals surface area contributed by atoms with Gasteiger partial charge in [-0.1, -0.05) is 135 Å². The van der Waals surface area contributed by atoms with Crippen LogP contribution in [0, 0.1) is 0 Å². The molecule has 12 rings (SSSR count). The van der Waals surface area contributed by atoms with Gasteiger partial charge in [-0.3, -0.25) is 0 Å². The first-order chi connectivity index (χ1) is 30.0. The number of allylic oxidation sites excluding steroid dienone is 5. The smallest absolute Gasteiger partial charge is 0.0869 e. The summed E-state index contributed by atoms with van der Waals surface area (Å²) in [5, 5.41) is 12.6. The van der Waals surface area contributed by atoms with Gasteiger partial charge in [0.2, 0.25) is 0 Å². The highest BCUT2D eigenvalue weighted by molar-refractivity contribution is 6.12. The number of nitrogens with zero attached hydrogens (tertiary/aromatic N) is 2. The van der Waals surface area contributed by atoms with Gasteiger partial charge in [0.15, 0.2) is 0 Å². The van der Waals surface area contributed by atoms with Crippen LogP contribution in [0.1, 0.15) is 37.8 Å². The summed E-state index contributed by atoms with van der Waals surface area (Å²) >= 11 is 0. The SMILES string of the molecule is CC1(C)c2ccccc2-c2cc(-c3ccc(-n4c5c(c6ccccc64)-c4ccccc4N(C4=CC=C(C6C=CC=CN6)NC4C4CCC=CN4)c4ccccc4-5)cc3)ccc21. The van der Waals surface area contributed by atoms with Crippen molar-refractivity contribution in [3.05, 3.63) is 211 Å². The minimum Gasteiger partial charge on any atom is -0.386 e. The Morgan fingerprint density at radius 3 is 2.15 bits per heavy atom. The van der Waals surface area contributed by atoms with Crippen LogP contribution in [0.5, 0.6) is 0 Å². The number of rotatable bonds is 5. The summed E-state index contributed by atoms with van der Waals surface area (Å²) in [6.45, 7) is 4.69. The molecule has 5 nitrogen and oxygen atoms in total. The highest BCUT2D eigenvalue weighted by Crippen LogP contribution is 2.54. The molecule has 296 valence electrons. The number of nitrogens with one attached hydrogen (secondary N) is 3. The van der Waals surface area contributed by atoms with Crippen LogP contribution in [0.15, 0.2) is 200 Å². The number of para-hydroxylation sites is 3. The number of anilines is 2. The van der Waals surface area contributed by atoms with Crippen molar-refractivity contribution < 1.29 is 0 Å². The van der Waals surface area contributed by atoms with E-state index in [1.807, 2.05) is 12.3 Å². The number of hydrogen-bond donors (Lipinski definition) is 3. The number of aromatic nitrogens is 1. The van der Waals surface area contributed by atoms with E-state index < -0.39 is 0 Å². The quantitative estimate of drug-likeness (QED) is 0.163. The lowest BCUT2D eigenvalue weighted by molar-refractivity contribution is 0.415. The largest absolute Gasteiger partial charge is 0.386 e. The third kappa shape index (κ3) is 5.53. The molecule has 5 aliphatic rings. The summed E-state index contributed by atoms with van der Waals surface area (Å²) in [7, 11) is 0. The van der Waals surface area contributed by atoms with Gasteiger partial charge in [-0.25, -0.2) is 0 Å². The normalized spacial score (nSPS) is 20.2. The number of benzene rings is 6. The standard InChI is InChI=1S/C56H47N5/c1-56(2)44-19-7-3-15-39(44)43-35-37(27-30-45(43)56)36-25-28-38(29-26-36)60-49-22-8-4-16-40(49)53-41-17-5-9-23-50(41)61(51-24-10-6-18-42(51)55(53)60)52-32-31-47(46-20-11-13-33-57-46)59-54(52)48-21-12-14-34-58-48/h3-11,13-20,22-35,46,48,54,57-59H,12,21H2,1-2H3. The van der Waals surface area contributed by atoms with Crippen molar-refractivity contribution >= 4 is 22.3 Å². The van der Waals surface area contributed by atoms with Gasteiger partial charge in [0.25, 0.3) is 0 Å². The average Bonchev–Trinajstić information content (AvgIpc) is 3.73. The Hall–Kier alpha value is -7.24. The predicted molar refractivity (Wildman–Crippen MR) is 253 cm³/mol. The molecule has 0 radical (unpaired) electrons. The summed E-state index contributed by atoms with van der Waals surface area (Å²) in [5.41, 5.74) is 19.9. The zero-order valence-electron chi connectivity index (χ0n) is 34.4. The van der Waals surface area contributed by atoms with Gasteiger partial charge in [-0.15, -0.1) is 0 Å². The zero-order valence-corrected chi connectivity index (χ0v) is 34.4. The van der Waals surface area contributed by atoms with Gasteiger partial charge >= 0.3 is 0 Å². The topological polar surface area (TPSA) is 44.3 Å². The predicted octanol–water partition coefficient (Wildman–Crippen LogP) is 12.4. The average molecular weight is 790 g/mol. The second-order valence-corrected chi connectivity index (χ2v) is 17.4. The number of dihydropyridines is 2. The van der Waals surface area contributed by atoms with Crippen LogP contribution in [0.3, 0.4) is 0 Å². The van der Waals surface area contributed by atoms with E-state index in [-0.39, 0.29) is 23.5 Å². The van der Waals surface area contributed by atoms with E-state index in [0.717, 1.165) is 24.2 Å². The molecule has 0 bridgehead atoms. The second kappa shape index (κ2) is 13.9. The molecule has 0 saturated carbocycles. The third-order valence-electron chi connectivity index (χ3n) is 13.7. The van der Waals surface area contributed by atoms with E-state index >= 15 is 0 Å². The highest BCUT2D eigenvalue weighted by atomic mass is 15.2. The Balaban J connectivity index is 1.02. The molecule has 3 unspecified atom stereocenters. The first kappa shape index (κ1) is 35.7. The van der Waals surface area contributed by atoms with Crippen LogP contribution < -0.4 is 20.9 Å².